The minimum atomic E-state index is -0.603. The van der Waals surface area contributed by atoms with Crippen molar-refractivity contribution in [2.45, 2.75) is 6.92 Å². The van der Waals surface area contributed by atoms with Gasteiger partial charge in [0.15, 0.2) is 13.2 Å². The largest absolute Gasteiger partial charge is 0.480 e. The average molecular weight is 403 g/mol. The molecule has 148 valence electrons. The molecule has 0 aromatic heterocycles. The molecule has 28 heavy (non-hydrogen) atoms. The SMILES string of the molecule is Cc1ccc(Cl)c(OCC(=O)OCC(=O)N2CCN(c3ccccc3)CC2)c1. The molecule has 7 heteroatoms. The van der Waals surface area contributed by atoms with Gasteiger partial charge in [-0.05, 0) is 36.8 Å². The maximum atomic E-state index is 12.3. The molecule has 1 aliphatic heterocycles. The third-order valence-corrected chi connectivity index (χ3v) is 4.85. The highest BCUT2D eigenvalue weighted by Crippen LogP contribution is 2.25. The Morgan fingerprint density at radius 3 is 2.43 bits per heavy atom. The van der Waals surface area contributed by atoms with Crippen LogP contribution in [0.2, 0.25) is 5.02 Å². The number of anilines is 1. The van der Waals surface area contributed by atoms with E-state index in [0.717, 1.165) is 24.3 Å². The summed E-state index contributed by atoms with van der Waals surface area (Å²) in [4.78, 5) is 28.1. The Labute approximate surface area is 169 Å². The van der Waals surface area contributed by atoms with Crippen LogP contribution in [0, 0.1) is 6.92 Å². The molecule has 2 aromatic rings. The van der Waals surface area contributed by atoms with E-state index in [4.69, 9.17) is 21.1 Å². The zero-order chi connectivity index (χ0) is 19.9. The molecule has 0 spiro atoms. The van der Waals surface area contributed by atoms with E-state index in [9.17, 15) is 9.59 Å². The molecule has 0 unspecified atom stereocenters. The predicted octanol–water partition coefficient (Wildman–Crippen LogP) is 2.92. The third-order valence-electron chi connectivity index (χ3n) is 4.54. The first-order valence-electron chi connectivity index (χ1n) is 9.15. The van der Waals surface area contributed by atoms with Gasteiger partial charge < -0.3 is 19.3 Å². The van der Waals surface area contributed by atoms with Crippen molar-refractivity contribution in [2.75, 3.05) is 44.3 Å². The molecule has 1 aliphatic rings. The molecule has 1 amide bonds. The number of carbonyl (C=O) groups is 2. The minimum absolute atomic E-state index is 0.199. The number of esters is 1. The fourth-order valence-electron chi connectivity index (χ4n) is 2.99. The number of ether oxygens (including phenoxy) is 2. The molecule has 1 saturated heterocycles. The highest BCUT2D eigenvalue weighted by atomic mass is 35.5. The summed E-state index contributed by atoms with van der Waals surface area (Å²) in [5.74, 6) is -0.384. The summed E-state index contributed by atoms with van der Waals surface area (Å²) in [6, 6.07) is 15.4. The second-order valence-electron chi connectivity index (χ2n) is 6.59. The third kappa shape index (κ3) is 5.39. The number of para-hydroxylation sites is 1. The van der Waals surface area contributed by atoms with Gasteiger partial charge in [0.05, 0.1) is 5.02 Å². The van der Waals surface area contributed by atoms with Gasteiger partial charge in [0, 0.05) is 31.9 Å². The van der Waals surface area contributed by atoms with E-state index < -0.39 is 5.97 Å². The van der Waals surface area contributed by atoms with Gasteiger partial charge in [-0.15, -0.1) is 0 Å². The van der Waals surface area contributed by atoms with Crippen molar-refractivity contribution in [3.63, 3.8) is 0 Å². The second kappa shape index (κ2) is 9.46. The number of rotatable bonds is 6. The van der Waals surface area contributed by atoms with E-state index in [2.05, 4.69) is 17.0 Å². The molecular weight excluding hydrogens is 380 g/mol. The van der Waals surface area contributed by atoms with Gasteiger partial charge in [0.25, 0.3) is 5.91 Å². The summed E-state index contributed by atoms with van der Waals surface area (Å²) in [5.41, 5.74) is 2.12. The van der Waals surface area contributed by atoms with Crippen LogP contribution in [0.4, 0.5) is 5.69 Å². The zero-order valence-corrected chi connectivity index (χ0v) is 16.5. The van der Waals surface area contributed by atoms with Gasteiger partial charge >= 0.3 is 5.97 Å². The van der Waals surface area contributed by atoms with Crippen LogP contribution in [0.5, 0.6) is 5.75 Å². The zero-order valence-electron chi connectivity index (χ0n) is 15.8. The van der Waals surface area contributed by atoms with Crippen LogP contribution in [0.3, 0.4) is 0 Å². The molecule has 0 saturated carbocycles. The Kier molecular flexibility index (Phi) is 6.76. The van der Waals surface area contributed by atoms with Crippen LogP contribution in [0.1, 0.15) is 5.56 Å². The summed E-state index contributed by atoms with van der Waals surface area (Å²) in [6.07, 6.45) is 0. The second-order valence-corrected chi connectivity index (χ2v) is 6.99. The van der Waals surface area contributed by atoms with Gasteiger partial charge in [-0.2, -0.15) is 0 Å². The van der Waals surface area contributed by atoms with Crippen LogP contribution in [-0.4, -0.2) is 56.2 Å². The number of nitrogens with zero attached hydrogens (tertiary/aromatic N) is 2. The quantitative estimate of drug-likeness (QED) is 0.695. The Balaban J connectivity index is 1.39. The lowest BCUT2D eigenvalue weighted by molar-refractivity contribution is -0.153. The van der Waals surface area contributed by atoms with Gasteiger partial charge in [0.2, 0.25) is 0 Å². The molecule has 0 atom stereocenters. The summed E-state index contributed by atoms with van der Waals surface area (Å²) < 4.78 is 10.4. The van der Waals surface area contributed by atoms with Crippen LogP contribution < -0.4 is 9.64 Å². The molecule has 6 nitrogen and oxygen atoms in total. The molecule has 0 aliphatic carbocycles. The maximum absolute atomic E-state index is 12.3. The van der Waals surface area contributed by atoms with E-state index in [1.165, 1.54) is 0 Å². The number of benzene rings is 2. The van der Waals surface area contributed by atoms with E-state index >= 15 is 0 Å². The Morgan fingerprint density at radius 1 is 1.00 bits per heavy atom. The summed E-state index contributed by atoms with van der Waals surface area (Å²) >= 11 is 6.02. The molecule has 2 aromatic carbocycles. The van der Waals surface area contributed by atoms with Crippen molar-refractivity contribution in [1.29, 1.82) is 0 Å². The standard InChI is InChI=1S/C21H23ClN2O4/c1-16-7-8-18(22)19(13-16)27-15-21(26)28-14-20(25)24-11-9-23(10-12-24)17-5-3-2-4-6-17/h2-8,13H,9-12,14-15H2,1H3. The average Bonchev–Trinajstić information content (AvgIpc) is 2.73. The van der Waals surface area contributed by atoms with Crippen molar-refractivity contribution in [2.24, 2.45) is 0 Å². The van der Waals surface area contributed by atoms with Gasteiger partial charge in [-0.3, -0.25) is 4.79 Å². The van der Waals surface area contributed by atoms with Gasteiger partial charge in [0.1, 0.15) is 5.75 Å². The maximum Gasteiger partial charge on any atom is 0.344 e. The predicted molar refractivity (Wildman–Crippen MR) is 108 cm³/mol. The molecule has 3 rings (SSSR count). The van der Waals surface area contributed by atoms with E-state index in [1.54, 1.807) is 17.0 Å². The number of hydrogen-bond acceptors (Lipinski definition) is 5. The van der Waals surface area contributed by atoms with E-state index in [-0.39, 0.29) is 19.1 Å². The lowest BCUT2D eigenvalue weighted by Crippen LogP contribution is -2.50. The van der Waals surface area contributed by atoms with Crippen molar-refractivity contribution in [3.8, 4) is 5.75 Å². The molecule has 0 N–H and O–H groups in total. The Hall–Kier alpha value is -2.73. The smallest absolute Gasteiger partial charge is 0.344 e. The number of amides is 1. The fourth-order valence-corrected chi connectivity index (χ4v) is 3.16. The first-order chi connectivity index (χ1) is 13.5. The minimum Gasteiger partial charge on any atom is -0.480 e. The summed E-state index contributed by atoms with van der Waals surface area (Å²) in [6.45, 7) is 4.02. The van der Waals surface area contributed by atoms with Gasteiger partial charge in [-0.25, -0.2) is 4.79 Å². The molecule has 1 fully saturated rings. The van der Waals surface area contributed by atoms with E-state index in [0.29, 0.717) is 23.9 Å². The van der Waals surface area contributed by atoms with Crippen molar-refractivity contribution in [3.05, 3.63) is 59.1 Å². The molecule has 1 heterocycles. The lowest BCUT2D eigenvalue weighted by atomic mass is 10.2. The lowest BCUT2D eigenvalue weighted by Gasteiger charge is -2.36. The molecule has 0 bridgehead atoms. The van der Waals surface area contributed by atoms with Crippen LogP contribution in [0.25, 0.3) is 0 Å². The summed E-state index contributed by atoms with van der Waals surface area (Å²) in [5, 5.41) is 0.422. The Morgan fingerprint density at radius 2 is 1.71 bits per heavy atom. The van der Waals surface area contributed by atoms with E-state index in [1.807, 2.05) is 31.2 Å². The van der Waals surface area contributed by atoms with Crippen LogP contribution in [-0.2, 0) is 14.3 Å². The highest BCUT2D eigenvalue weighted by molar-refractivity contribution is 6.32. The number of halogens is 1. The van der Waals surface area contributed by atoms with Crippen LogP contribution >= 0.6 is 11.6 Å². The van der Waals surface area contributed by atoms with Crippen molar-refractivity contribution >= 4 is 29.2 Å². The fraction of sp³-hybridized carbons (Fsp3) is 0.333. The first-order valence-corrected chi connectivity index (χ1v) is 9.53. The molecular formula is C21H23ClN2O4. The number of hydrogen-bond donors (Lipinski definition) is 0. The normalized spacial score (nSPS) is 13.9. The highest BCUT2D eigenvalue weighted by Gasteiger charge is 2.22. The number of carbonyl (C=O) groups excluding carboxylic acids is 2. The van der Waals surface area contributed by atoms with Crippen molar-refractivity contribution in [1.82, 2.24) is 4.90 Å². The number of piperazine rings is 1. The monoisotopic (exact) mass is 402 g/mol. The molecule has 0 radical (unpaired) electrons. The number of aryl methyl sites for hydroxylation is 1. The van der Waals surface area contributed by atoms with Crippen molar-refractivity contribution < 1.29 is 19.1 Å². The first kappa shape index (κ1) is 20.0. The van der Waals surface area contributed by atoms with Gasteiger partial charge in [-0.1, -0.05) is 35.9 Å². The summed E-state index contributed by atoms with van der Waals surface area (Å²) in [7, 11) is 0. The Bertz CT molecular complexity index is 820. The van der Waals surface area contributed by atoms with Crippen LogP contribution in [0.15, 0.2) is 48.5 Å². The topological polar surface area (TPSA) is 59.1 Å².